The van der Waals surface area contributed by atoms with E-state index in [1.807, 2.05) is 29.2 Å². The first kappa shape index (κ1) is 17.7. The van der Waals surface area contributed by atoms with E-state index in [1.54, 1.807) is 4.90 Å². The van der Waals surface area contributed by atoms with Gasteiger partial charge in [0.15, 0.2) is 0 Å². The number of benzene rings is 1. The Labute approximate surface area is 149 Å². The molecule has 1 atom stereocenters. The second-order valence-electron chi connectivity index (χ2n) is 7.18. The van der Waals surface area contributed by atoms with E-state index in [0.717, 1.165) is 30.8 Å². The Balaban J connectivity index is 1.68. The summed E-state index contributed by atoms with van der Waals surface area (Å²) in [4.78, 5) is 28.3. The van der Waals surface area contributed by atoms with Crippen LogP contribution in [-0.2, 0) is 9.53 Å². The van der Waals surface area contributed by atoms with Crippen LogP contribution in [0.3, 0.4) is 0 Å². The third-order valence-electron chi connectivity index (χ3n) is 4.71. The average Bonchev–Trinajstić information content (AvgIpc) is 3.01. The van der Waals surface area contributed by atoms with Gasteiger partial charge in [0.05, 0.1) is 19.3 Å². The van der Waals surface area contributed by atoms with Gasteiger partial charge >= 0.3 is 6.03 Å². The molecule has 6 heteroatoms. The Morgan fingerprint density at radius 3 is 2.92 bits per heavy atom. The van der Waals surface area contributed by atoms with Crippen LogP contribution in [0, 0.1) is 5.92 Å². The molecule has 0 aromatic heterocycles. The number of amides is 3. The highest BCUT2D eigenvalue weighted by molar-refractivity contribution is 5.96. The highest BCUT2D eigenvalue weighted by Crippen LogP contribution is 2.25. The molecule has 0 saturated carbocycles. The average molecular weight is 345 g/mol. The van der Waals surface area contributed by atoms with Crippen LogP contribution in [0.1, 0.15) is 33.1 Å². The summed E-state index contributed by atoms with van der Waals surface area (Å²) >= 11 is 0. The second kappa shape index (κ2) is 7.87. The van der Waals surface area contributed by atoms with Gasteiger partial charge in [0.25, 0.3) is 0 Å². The molecule has 136 valence electrons. The zero-order valence-electron chi connectivity index (χ0n) is 15.0. The molecule has 3 rings (SSSR count). The molecule has 2 saturated heterocycles. The van der Waals surface area contributed by atoms with Crippen LogP contribution >= 0.6 is 0 Å². The Kier molecular flexibility index (Phi) is 5.58. The Morgan fingerprint density at radius 1 is 1.36 bits per heavy atom. The van der Waals surface area contributed by atoms with E-state index in [4.69, 9.17) is 4.74 Å². The summed E-state index contributed by atoms with van der Waals surface area (Å²) in [5.41, 5.74) is 1.57. The van der Waals surface area contributed by atoms with E-state index in [-0.39, 0.29) is 18.0 Å². The monoisotopic (exact) mass is 345 g/mol. The van der Waals surface area contributed by atoms with Gasteiger partial charge in [0.1, 0.15) is 0 Å². The molecule has 0 bridgehead atoms. The molecule has 25 heavy (non-hydrogen) atoms. The molecule has 1 unspecified atom stereocenters. The number of hydrogen-bond acceptors (Lipinski definition) is 3. The molecule has 1 aromatic rings. The lowest BCUT2D eigenvalue weighted by Gasteiger charge is -2.36. The standard InChI is InChI=1S/C19H27N3O3/c1-14(2)11-17-13-25-10-9-22(17)19(24)20-15-5-3-6-16(12-15)21-8-4-7-18(21)23/h3,5-6,12,14,17H,4,7-11,13H2,1-2H3,(H,20,24). The Hall–Kier alpha value is -2.08. The molecule has 6 nitrogen and oxygen atoms in total. The number of urea groups is 1. The fourth-order valence-corrected chi connectivity index (χ4v) is 3.53. The maximum absolute atomic E-state index is 12.7. The van der Waals surface area contributed by atoms with Gasteiger partial charge < -0.3 is 19.9 Å². The zero-order chi connectivity index (χ0) is 17.8. The predicted molar refractivity (Wildman–Crippen MR) is 97.8 cm³/mol. The van der Waals surface area contributed by atoms with Crippen LogP contribution in [0.5, 0.6) is 0 Å². The molecule has 1 aromatic carbocycles. The van der Waals surface area contributed by atoms with Crippen LogP contribution in [0.4, 0.5) is 16.2 Å². The van der Waals surface area contributed by atoms with Crippen molar-refractivity contribution < 1.29 is 14.3 Å². The lowest BCUT2D eigenvalue weighted by molar-refractivity contribution is -0.117. The predicted octanol–water partition coefficient (Wildman–Crippen LogP) is 3.09. The van der Waals surface area contributed by atoms with E-state index in [0.29, 0.717) is 32.1 Å². The molecule has 2 heterocycles. The topological polar surface area (TPSA) is 61.9 Å². The number of nitrogens with one attached hydrogen (secondary N) is 1. The number of nitrogens with zero attached hydrogens (tertiary/aromatic N) is 2. The highest BCUT2D eigenvalue weighted by atomic mass is 16.5. The summed E-state index contributed by atoms with van der Waals surface area (Å²) < 4.78 is 5.55. The first-order chi connectivity index (χ1) is 12.0. The van der Waals surface area contributed by atoms with E-state index < -0.39 is 0 Å². The van der Waals surface area contributed by atoms with Gasteiger partial charge in [-0.2, -0.15) is 0 Å². The first-order valence-corrected chi connectivity index (χ1v) is 9.10. The summed E-state index contributed by atoms with van der Waals surface area (Å²) in [5, 5.41) is 2.99. The van der Waals surface area contributed by atoms with E-state index in [1.165, 1.54) is 0 Å². The van der Waals surface area contributed by atoms with E-state index >= 15 is 0 Å². The quantitative estimate of drug-likeness (QED) is 0.912. The number of carbonyl (C=O) groups is 2. The van der Waals surface area contributed by atoms with E-state index in [9.17, 15) is 9.59 Å². The zero-order valence-corrected chi connectivity index (χ0v) is 15.0. The maximum atomic E-state index is 12.7. The minimum atomic E-state index is -0.0983. The molecule has 0 spiro atoms. The van der Waals surface area contributed by atoms with Crippen LogP contribution < -0.4 is 10.2 Å². The highest BCUT2D eigenvalue weighted by Gasteiger charge is 2.28. The normalized spacial score (nSPS) is 21.1. The van der Waals surface area contributed by atoms with Gasteiger partial charge in [0, 0.05) is 30.9 Å². The molecule has 3 amide bonds. The molecule has 0 aliphatic carbocycles. The lowest BCUT2D eigenvalue weighted by atomic mass is 10.0. The van der Waals surface area contributed by atoms with Gasteiger partial charge in [-0.3, -0.25) is 4.79 Å². The first-order valence-electron chi connectivity index (χ1n) is 9.10. The van der Waals surface area contributed by atoms with Gasteiger partial charge in [-0.1, -0.05) is 19.9 Å². The molecule has 2 fully saturated rings. The van der Waals surface area contributed by atoms with Gasteiger partial charge in [-0.15, -0.1) is 0 Å². The van der Waals surface area contributed by atoms with Gasteiger partial charge in [-0.05, 0) is 37.0 Å². The van der Waals surface area contributed by atoms with Crippen LogP contribution in [0.15, 0.2) is 24.3 Å². The number of ether oxygens (including phenoxy) is 1. The summed E-state index contributed by atoms with van der Waals surface area (Å²) in [5.74, 6) is 0.653. The van der Waals surface area contributed by atoms with Crippen molar-refractivity contribution >= 4 is 23.3 Å². The van der Waals surface area contributed by atoms with Crippen molar-refractivity contribution in [3.8, 4) is 0 Å². The van der Waals surface area contributed by atoms with Crippen molar-refractivity contribution in [2.45, 2.75) is 39.2 Å². The van der Waals surface area contributed by atoms with Crippen LogP contribution in [-0.4, -0.2) is 49.2 Å². The molecule has 0 radical (unpaired) electrons. The molecule has 2 aliphatic heterocycles. The molecular formula is C19H27N3O3. The second-order valence-corrected chi connectivity index (χ2v) is 7.18. The van der Waals surface area contributed by atoms with Crippen molar-refractivity contribution in [2.24, 2.45) is 5.92 Å². The van der Waals surface area contributed by atoms with E-state index in [2.05, 4.69) is 19.2 Å². The SMILES string of the molecule is CC(C)CC1COCCN1C(=O)Nc1cccc(N2CCCC2=O)c1. The molecule has 2 aliphatic rings. The van der Waals surface area contributed by atoms with Crippen molar-refractivity contribution in [2.75, 3.05) is 36.5 Å². The smallest absolute Gasteiger partial charge is 0.322 e. The Morgan fingerprint density at radius 2 is 2.20 bits per heavy atom. The fraction of sp³-hybridized carbons (Fsp3) is 0.579. The summed E-state index contributed by atoms with van der Waals surface area (Å²) in [6, 6.07) is 7.53. The summed E-state index contributed by atoms with van der Waals surface area (Å²) in [6.45, 7) is 6.82. The number of hydrogen-bond donors (Lipinski definition) is 1. The maximum Gasteiger partial charge on any atom is 0.322 e. The molecule has 1 N–H and O–H groups in total. The molecular weight excluding hydrogens is 318 g/mol. The van der Waals surface area contributed by atoms with Crippen molar-refractivity contribution in [3.05, 3.63) is 24.3 Å². The number of carbonyl (C=O) groups excluding carboxylic acids is 2. The minimum Gasteiger partial charge on any atom is -0.377 e. The van der Waals surface area contributed by atoms with Crippen molar-refractivity contribution in [3.63, 3.8) is 0 Å². The lowest BCUT2D eigenvalue weighted by Crippen LogP contribution is -2.50. The van der Waals surface area contributed by atoms with Crippen LogP contribution in [0.2, 0.25) is 0 Å². The summed E-state index contributed by atoms with van der Waals surface area (Å²) in [6.07, 6.45) is 2.41. The minimum absolute atomic E-state index is 0.0983. The third-order valence-corrected chi connectivity index (χ3v) is 4.71. The van der Waals surface area contributed by atoms with Crippen molar-refractivity contribution in [1.82, 2.24) is 4.90 Å². The summed E-state index contributed by atoms with van der Waals surface area (Å²) in [7, 11) is 0. The Bertz CT molecular complexity index is 632. The number of rotatable bonds is 4. The third kappa shape index (κ3) is 4.31. The van der Waals surface area contributed by atoms with Gasteiger partial charge in [0.2, 0.25) is 5.91 Å². The number of morpholine rings is 1. The fourth-order valence-electron chi connectivity index (χ4n) is 3.53. The van der Waals surface area contributed by atoms with Crippen molar-refractivity contribution in [1.29, 1.82) is 0 Å². The van der Waals surface area contributed by atoms with Crippen LogP contribution in [0.25, 0.3) is 0 Å². The largest absolute Gasteiger partial charge is 0.377 e. The number of anilines is 2. The van der Waals surface area contributed by atoms with Gasteiger partial charge in [-0.25, -0.2) is 4.79 Å².